The topological polar surface area (TPSA) is 50.8 Å². The predicted octanol–water partition coefficient (Wildman–Crippen LogP) is 2.49. The summed E-state index contributed by atoms with van der Waals surface area (Å²) in [4.78, 5) is 15.0. The van der Waals surface area contributed by atoms with Gasteiger partial charge in [0, 0.05) is 18.7 Å². The van der Waals surface area contributed by atoms with Crippen molar-refractivity contribution >= 4 is 11.6 Å². The van der Waals surface area contributed by atoms with Gasteiger partial charge in [0.15, 0.2) is 0 Å². The fourth-order valence-electron chi connectivity index (χ4n) is 4.19. The zero-order valence-electron chi connectivity index (χ0n) is 14.2. The molecule has 1 saturated heterocycles. The third-order valence-electron chi connectivity index (χ3n) is 5.39. The van der Waals surface area contributed by atoms with Crippen LogP contribution < -0.4 is 5.32 Å². The number of anilines is 1. The van der Waals surface area contributed by atoms with E-state index in [0.717, 1.165) is 30.8 Å². The first-order valence-corrected chi connectivity index (χ1v) is 8.71. The average Bonchev–Trinajstić information content (AvgIpc) is 3.23. The number of carbonyl (C=O) groups is 1. The third-order valence-corrected chi connectivity index (χ3v) is 5.39. The maximum Gasteiger partial charge on any atom is 0.289 e. The van der Waals surface area contributed by atoms with Crippen LogP contribution in [0.5, 0.6) is 0 Å². The van der Waals surface area contributed by atoms with Gasteiger partial charge in [-0.15, -0.1) is 0 Å². The highest BCUT2D eigenvalue weighted by Crippen LogP contribution is 2.48. The van der Waals surface area contributed by atoms with Crippen molar-refractivity contribution in [1.82, 2.24) is 4.90 Å². The van der Waals surface area contributed by atoms with Gasteiger partial charge in [0.05, 0.1) is 18.9 Å². The zero-order chi connectivity index (χ0) is 17.0. The minimum Gasteiger partial charge on any atom is -0.336 e. The maximum atomic E-state index is 12.7. The van der Waals surface area contributed by atoms with Crippen molar-refractivity contribution in [3.05, 3.63) is 53.1 Å². The molecule has 5 rings (SSSR count). The molecule has 1 fully saturated rings. The second-order valence-corrected chi connectivity index (χ2v) is 6.93. The molecule has 2 aromatic carbocycles. The second kappa shape index (κ2) is 5.39. The SMILES string of the molecule is CN1CCc2c(-c3ccccc3)cc3c(c2C1)NC(=O)C31OCCO1. The van der Waals surface area contributed by atoms with E-state index in [1.807, 2.05) is 18.2 Å². The zero-order valence-corrected chi connectivity index (χ0v) is 14.2. The number of nitrogens with one attached hydrogen (secondary N) is 1. The Bertz CT molecular complexity index is 857. The Morgan fingerprint density at radius 3 is 2.64 bits per heavy atom. The van der Waals surface area contributed by atoms with Crippen LogP contribution in [0, 0.1) is 0 Å². The minimum absolute atomic E-state index is 0.208. The van der Waals surface area contributed by atoms with Crippen molar-refractivity contribution in [2.24, 2.45) is 0 Å². The molecule has 1 amide bonds. The van der Waals surface area contributed by atoms with Crippen LogP contribution in [0.1, 0.15) is 16.7 Å². The Hall–Kier alpha value is -2.21. The number of ether oxygens (including phenoxy) is 2. The van der Waals surface area contributed by atoms with Crippen LogP contribution in [0.4, 0.5) is 5.69 Å². The van der Waals surface area contributed by atoms with Crippen molar-refractivity contribution in [2.75, 3.05) is 32.1 Å². The number of rotatable bonds is 1. The van der Waals surface area contributed by atoms with Gasteiger partial charge in [-0.3, -0.25) is 4.79 Å². The van der Waals surface area contributed by atoms with Crippen molar-refractivity contribution in [3.8, 4) is 11.1 Å². The minimum atomic E-state index is -1.27. The molecule has 2 aromatic rings. The van der Waals surface area contributed by atoms with Gasteiger partial charge in [0.1, 0.15) is 0 Å². The van der Waals surface area contributed by atoms with Gasteiger partial charge in [0.25, 0.3) is 11.7 Å². The summed E-state index contributed by atoms with van der Waals surface area (Å²) in [5, 5.41) is 3.04. The largest absolute Gasteiger partial charge is 0.336 e. The number of nitrogens with zero attached hydrogens (tertiary/aromatic N) is 1. The quantitative estimate of drug-likeness (QED) is 0.869. The van der Waals surface area contributed by atoms with Crippen LogP contribution in [-0.4, -0.2) is 37.6 Å². The van der Waals surface area contributed by atoms with Gasteiger partial charge >= 0.3 is 0 Å². The molecule has 128 valence electrons. The molecule has 0 saturated carbocycles. The Balaban J connectivity index is 1.78. The Morgan fingerprint density at radius 1 is 1.12 bits per heavy atom. The van der Waals surface area contributed by atoms with Gasteiger partial charge < -0.3 is 19.7 Å². The molecule has 0 atom stereocenters. The summed E-state index contributed by atoms with van der Waals surface area (Å²) in [5.74, 6) is -1.48. The van der Waals surface area contributed by atoms with Gasteiger partial charge in [-0.05, 0) is 41.8 Å². The van der Waals surface area contributed by atoms with Crippen LogP contribution >= 0.6 is 0 Å². The molecule has 5 heteroatoms. The molecule has 25 heavy (non-hydrogen) atoms. The van der Waals surface area contributed by atoms with Gasteiger partial charge in [-0.2, -0.15) is 0 Å². The van der Waals surface area contributed by atoms with E-state index in [1.165, 1.54) is 22.3 Å². The molecule has 0 bridgehead atoms. The lowest BCUT2D eigenvalue weighted by molar-refractivity contribution is -0.178. The fourth-order valence-corrected chi connectivity index (χ4v) is 4.19. The average molecular weight is 336 g/mol. The Morgan fingerprint density at radius 2 is 1.88 bits per heavy atom. The highest BCUT2D eigenvalue weighted by atomic mass is 16.7. The smallest absolute Gasteiger partial charge is 0.289 e. The Kier molecular flexibility index (Phi) is 3.25. The summed E-state index contributed by atoms with van der Waals surface area (Å²) in [7, 11) is 2.11. The lowest BCUT2D eigenvalue weighted by Gasteiger charge is -2.30. The number of carbonyl (C=O) groups excluding carboxylic acids is 1. The lowest BCUT2D eigenvalue weighted by atomic mass is 9.86. The summed E-state index contributed by atoms with van der Waals surface area (Å²) in [6.07, 6.45) is 0.966. The van der Waals surface area contributed by atoms with E-state index in [0.29, 0.717) is 13.2 Å². The number of hydrogen-bond acceptors (Lipinski definition) is 4. The third kappa shape index (κ3) is 2.10. The molecule has 0 unspecified atom stereocenters. The van der Waals surface area contributed by atoms with Gasteiger partial charge in [-0.1, -0.05) is 30.3 Å². The monoisotopic (exact) mass is 336 g/mol. The van der Waals surface area contributed by atoms with Crippen molar-refractivity contribution in [3.63, 3.8) is 0 Å². The molecule has 1 N–H and O–H groups in total. The van der Waals surface area contributed by atoms with E-state index < -0.39 is 5.79 Å². The van der Waals surface area contributed by atoms with Crippen LogP contribution in [0.25, 0.3) is 11.1 Å². The first-order chi connectivity index (χ1) is 12.2. The van der Waals surface area contributed by atoms with E-state index >= 15 is 0 Å². The first-order valence-electron chi connectivity index (χ1n) is 8.71. The molecule has 0 radical (unpaired) electrons. The van der Waals surface area contributed by atoms with Gasteiger partial charge in [0.2, 0.25) is 0 Å². The summed E-state index contributed by atoms with van der Waals surface area (Å²) in [5.41, 5.74) is 6.56. The lowest BCUT2D eigenvalue weighted by Crippen LogP contribution is -2.35. The molecule has 3 aliphatic heterocycles. The summed E-state index contributed by atoms with van der Waals surface area (Å²) < 4.78 is 11.6. The van der Waals surface area contributed by atoms with E-state index in [2.05, 4.69) is 35.5 Å². The van der Waals surface area contributed by atoms with E-state index in [9.17, 15) is 4.79 Å². The highest BCUT2D eigenvalue weighted by Gasteiger charge is 2.53. The summed E-state index contributed by atoms with van der Waals surface area (Å²) in [6, 6.07) is 12.4. The van der Waals surface area contributed by atoms with Crippen LogP contribution in [0.15, 0.2) is 36.4 Å². The number of amides is 1. The molecule has 0 aliphatic carbocycles. The molecule has 5 nitrogen and oxygen atoms in total. The number of fused-ring (bicyclic) bond motifs is 4. The molecular weight excluding hydrogens is 316 g/mol. The molecular formula is C20H20N2O3. The predicted molar refractivity (Wildman–Crippen MR) is 94.1 cm³/mol. The summed E-state index contributed by atoms with van der Waals surface area (Å²) in [6.45, 7) is 2.70. The van der Waals surface area contributed by atoms with E-state index in [-0.39, 0.29) is 5.91 Å². The fraction of sp³-hybridized carbons (Fsp3) is 0.350. The number of likely N-dealkylation sites (N-methyl/N-ethyl adjacent to an activating group) is 1. The molecule has 3 aliphatic rings. The van der Waals surface area contributed by atoms with E-state index in [1.54, 1.807) is 0 Å². The van der Waals surface area contributed by atoms with Crippen molar-refractivity contribution in [1.29, 1.82) is 0 Å². The normalized spacial score (nSPS) is 21.2. The van der Waals surface area contributed by atoms with Crippen molar-refractivity contribution < 1.29 is 14.3 Å². The first kappa shape index (κ1) is 15.1. The second-order valence-electron chi connectivity index (χ2n) is 6.93. The Labute approximate surface area is 146 Å². The number of benzene rings is 2. The molecule has 1 spiro atoms. The van der Waals surface area contributed by atoms with Crippen LogP contribution in [0.2, 0.25) is 0 Å². The van der Waals surface area contributed by atoms with E-state index in [4.69, 9.17) is 9.47 Å². The van der Waals surface area contributed by atoms with Gasteiger partial charge in [-0.25, -0.2) is 0 Å². The van der Waals surface area contributed by atoms with Crippen LogP contribution in [-0.2, 0) is 33.0 Å². The molecule has 3 heterocycles. The maximum absolute atomic E-state index is 12.7. The number of hydrogen-bond donors (Lipinski definition) is 1. The highest BCUT2D eigenvalue weighted by molar-refractivity contribution is 6.06. The van der Waals surface area contributed by atoms with Crippen molar-refractivity contribution in [2.45, 2.75) is 18.8 Å². The van der Waals surface area contributed by atoms with Crippen LogP contribution in [0.3, 0.4) is 0 Å². The summed E-state index contributed by atoms with van der Waals surface area (Å²) >= 11 is 0. The standard InChI is InChI=1S/C20H20N2O3/c1-22-8-7-14-15(13-5-3-2-4-6-13)11-17-18(16(14)12-22)21-19(23)20(17)24-9-10-25-20/h2-6,11H,7-10,12H2,1H3,(H,21,23). The molecule has 0 aromatic heterocycles.